The summed E-state index contributed by atoms with van der Waals surface area (Å²) in [5, 5.41) is 0.979. The molecule has 0 aliphatic rings. The van der Waals surface area contributed by atoms with E-state index in [0.717, 1.165) is 16.5 Å². The molecular formula is C11H8N2O. The maximum absolute atomic E-state index is 10.3. The number of aromatic nitrogens is 1. The Hall–Kier alpha value is -1.99. The Kier molecular flexibility index (Phi) is 2.09. The maximum atomic E-state index is 10.3. The van der Waals surface area contributed by atoms with Crippen LogP contribution in [0.25, 0.3) is 10.9 Å². The maximum Gasteiger partial charge on any atom is 0.240 e. The fraction of sp³-hybridized carbons (Fsp3) is 0.0909. The summed E-state index contributed by atoms with van der Waals surface area (Å²) in [5.74, 6) is 0. The summed E-state index contributed by atoms with van der Waals surface area (Å²) in [6.45, 7) is 1.89. The fourth-order valence-electron chi connectivity index (χ4n) is 1.42. The van der Waals surface area contributed by atoms with E-state index in [9.17, 15) is 4.79 Å². The number of nitrogens with zero attached hydrogens (tertiary/aromatic N) is 2. The first-order chi connectivity index (χ1) is 6.83. The molecule has 0 atom stereocenters. The molecule has 0 amide bonds. The zero-order chi connectivity index (χ0) is 9.97. The summed E-state index contributed by atoms with van der Waals surface area (Å²) >= 11 is 0. The summed E-state index contributed by atoms with van der Waals surface area (Å²) in [7, 11) is 0. The second kappa shape index (κ2) is 3.40. The van der Waals surface area contributed by atoms with Crippen LogP contribution in [0.15, 0.2) is 35.5 Å². The molecule has 1 heterocycles. The second-order valence-electron chi connectivity index (χ2n) is 3.01. The Morgan fingerprint density at radius 3 is 3.00 bits per heavy atom. The summed E-state index contributed by atoms with van der Waals surface area (Å²) < 4.78 is 0. The number of hydrogen-bond donors (Lipinski definition) is 0. The van der Waals surface area contributed by atoms with Gasteiger partial charge in [-0.15, -0.1) is 0 Å². The number of benzene rings is 1. The fourth-order valence-corrected chi connectivity index (χ4v) is 1.42. The van der Waals surface area contributed by atoms with E-state index in [0.29, 0.717) is 5.69 Å². The molecule has 0 bridgehead atoms. The van der Waals surface area contributed by atoms with Crippen molar-refractivity contribution in [2.75, 3.05) is 0 Å². The quantitative estimate of drug-likeness (QED) is 0.504. The van der Waals surface area contributed by atoms with Gasteiger partial charge in [0, 0.05) is 11.6 Å². The lowest BCUT2D eigenvalue weighted by atomic mass is 10.1. The van der Waals surface area contributed by atoms with Gasteiger partial charge in [-0.1, -0.05) is 18.2 Å². The molecule has 1 aromatic carbocycles. The van der Waals surface area contributed by atoms with E-state index in [1.54, 1.807) is 12.3 Å². The number of aryl methyl sites for hydroxylation is 1. The number of pyridine rings is 1. The molecule has 3 nitrogen and oxygen atoms in total. The van der Waals surface area contributed by atoms with E-state index >= 15 is 0 Å². The van der Waals surface area contributed by atoms with Crippen LogP contribution >= 0.6 is 0 Å². The minimum absolute atomic E-state index is 0.609. The van der Waals surface area contributed by atoms with Crippen molar-refractivity contribution in [1.82, 2.24) is 4.98 Å². The molecule has 0 aliphatic heterocycles. The normalized spacial score (nSPS) is 9.79. The predicted molar refractivity (Wildman–Crippen MR) is 54.3 cm³/mol. The second-order valence-corrected chi connectivity index (χ2v) is 3.01. The lowest BCUT2D eigenvalue weighted by Gasteiger charge is -2.02. The van der Waals surface area contributed by atoms with Crippen molar-refractivity contribution in [3.63, 3.8) is 0 Å². The van der Waals surface area contributed by atoms with Gasteiger partial charge in [0.15, 0.2) is 0 Å². The molecule has 0 spiro atoms. The average Bonchev–Trinajstić information content (AvgIpc) is 2.23. The Bertz CT molecular complexity index is 528. The van der Waals surface area contributed by atoms with Gasteiger partial charge in [0.2, 0.25) is 6.08 Å². The largest absolute Gasteiger partial charge is 0.254 e. The molecule has 68 valence electrons. The van der Waals surface area contributed by atoms with Gasteiger partial charge in [-0.25, -0.2) is 4.79 Å². The number of aliphatic imine (C=N–C) groups is 1. The summed E-state index contributed by atoms with van der Waals surface area (Å²) in [6.07, 6.45) is 3.24. The van der Waals surface area contributed by atoms with Crippen LogP contribution in [-0.4, -0.2) is 11.1 Å². The standard InChI is InChI=1S/C11H8N2O/c1-8-4-5-9-3-2-6-12-11(9)10(8)13-7-14/h2-6H,1H3. The molecule has 3 heteroatoms. The van der Waals surface area contributed by atoms with Crippen LogP contribution < -0.4 is 0 Å². The number of carbonyl (C=O) groups excluding carboxylic acids is 1. The molecule has 0 saturated heterocycles. The Morgan fingerprint density at radius 2 is 2.21 bits per heavy atom. The van der Waals surface area contributed by atoms with Crippen molar-refractivity contribution in [2.45, 2.75) is 6.92 Å². The van der Waals surface area contributed by atoms with Crippen molar-refractivity contribution in [3.05, 3.63) is 36.0 Å². The predicted octanol–water partition coefficient (Wildman–Crippen LogP) is 2.51. The van der Waals surface area contributed by atoms with Crippen molar-refractivity contribution in [2.24, 2.45) is 4.99 Å². The topological polar surface area (TPSA) is 42.3 Å². The third-order valence-electron chi connectivity index (χ3n) is 2.11. The van der Waals surface area contributed by atoms with E-state index in [1.807, 2.05) is 31.2 Å². The van der Waals surface area contributed by atoms with Crippen LogP contribution in [0, 0.1) is 6.92 Å². The summed E-state index contributed by atoms with van der Waals surface area (Å²) in [6, 6.07) is 7.67. The first kappa shape index (κ1) is 8.60. The van der Waals surface area contributed by atoms with E-state index in [-0.39, 0.29) is 0 Å². The van der Waals surface area contributed by atoms with Crippen molar-refractivity contribution in [1.29, 1.82) is 0 Å². The van der Waals surface area contributed by atoms with Crippen molar-refractivity contribution in [3.8, 4) is 0 Å². The molecule has 0 fully saturated rings. The minimum atomic E-state index is 0.609. The lowest BCUT2D eigenvalue weighted by molar-refractivity contribution is 0.565. The smallest absolute Gasteiger partial charge is 0.240 e. The average molecular weight is 184 g/mol. The monoisotopic (exact) mass is 184 g/mol. The third kappa shape index (κ3) is 1.30. The number of hydrogen-bond acceptors (Lipinski definition) is 3. The van der Waals surface area contributed by atoms with E-state index in [4.69, 9.17) is 0 Å². The highest BCUT2D eigenvalue weighted by Crippen LogP contribution is 2.27. The van der Waals surface area contributed by atoms with Gasteiger partial charge in [0.25, 0.3) is 0 Å². The minimum Gasteiger partial charge on any atom is -0.254 e. The van der Waals surface area contributed by atoms with Gasteiger partial charge >= 0.3 is 0 Å². The van der Waals surface area contributed by atoms with Crippen LogP contribution in [0.1, 0.15) is 5.56 Å². The Labute approximate surface area is 81.1 Å². The molecule has 2 aromatic rings. The zero-order valence-corrected chi connectivity index (χ0v) is 7.69. The molecule has 1 aromatic heterocycles. The number of fused-ring (bicyclic) bond motifs is 1. The van der Waals surface area contributed by atoms with Crippen LogP contribution in [0.4, 0.5) is 5.69 Å². The molecule has 0 N–H and O–H groups in total. The Balaban J connectivity index is 2.89. The van der Waals surface area contributed by atoms with Gasteiger partial charge < -0.3 is 0 Å². The highest BCUT2D eigenvalue weighted by atomic mass is 16.1. The molecular weight excluding hydrogens is 176 g/mol. The van der Waals surface area contributed by atoms with Crippen LogP contribution in [0.3, 0.4) is 0 Å². The van der Waals surface area contributed by atoms with E-state index in [1.165, 1.54) is 0 Å². The lowest BCUT2D eigenvalue weighted by Crippen LogP contribution is -1.81. The van der Waals surface area contributed by atoms with Gasteiger partial charge in [0.05, 0.1) is 5.52 Å². The highest BCUT2D eigenvalue weighted by Gasteiger charge is 2.03. The SMILES string of the molecule is Cc1ccc2cccnc2c1N=C=O. The Morgan fingerprint density at radius 1 is 1.36 bits per heavy atom. The summed E-state index contributed by atoms with van der Waals surface area (Å²) in [4.78, 5) is 18.1. The van der Waals surface area contributed by atoms with Crippen LogP contribution in [0.2, 0.25) is 0 Å². The van der Waals surface area contributed by atoms with Gasteiger partial charge in [-0.2, -0.15) is 4.99 Å². The number of isocyanates is 1. The van der Waals surface area contributed by atoms with E-state index in [2.05, 4.69) is 9.98 Å². The van der Waals surface area contributed by atoms with Gasteiger partial charge in [-0.3, -0.25) is 4.98 Å². The highest BCUT2D eigenvalue weighted by molar-refractivity contribution is 5.91. The van der Waals surface area contributed by atoms with Crippen LogP contribution in [-0.2, 0) is 4.79 Å². The van der Waals surface area contributed by atoms with Gasteiger partial charge in [0.1, 0.15) is 5.69 Å². The molecule has 14 heavy (non-hydrogen) atoms. The molecule has 2 rings (SSSR count). The first-order valence-electron chi connectivity index (χ1n) is 4.25. The molecule has 0 aliphatic carbocycles. The van der Waals surface area contributed by atoms with E-state index < -0.39 is 0 Å². The zero-order valence-electron chi connectivity index (χ0n) is 7.69. The molecule has 0 unspecified atom stereocenters. The van der Waals surface area contributed by atoms with Gasteiger partial charge in [-0.05, 0) is 18.6 Å². The van der Waals surface area contributed by atoms with Crippen molar-refractivity contribution >= 4 is 22.7 Å². The first-order valence-corrected chi connectivity index (χ1v) is 4.25. The van der Waals surface area contributed by atoms with Crippen molar-refractivity contribution < 1.29 is 4.79 Å². The number of rotatable bonds is 1. The van der Waals surface area contributed by atoms with Crippen LogP contribution in [0.5, 0.6) is 0 Å². The molecule has 0 radical (unpaired) electrons. The third-order valence-corrected chi connectivity index (χ3v) is 2.11. The summed E-state index contributed by atoms with van der Waals surface area (Å²) in [5.41, 5.74) is 2.29. The molecule has 0 saturated carbocycles.